The summed E-state index contributed by atoms with van der Waals surface area (Å²) >= 11 is 0.741. The van der Waals surface area contributed by atoms with Gasteiger partial charge in [-0.2, -0.15) is 5.26 Å². The van der Waals surface area contributed by atoms with Gasteiger partial charge in [0.2, 0.25) is 5.91 Å². The van der Waals surface area contributed by atoms with Crippen LogP contribution in [0.5, 0.6) is 5.75 Å². The summed E-state index contributed by atoms with van der Waals surface area (Å²) in [6.45, 7) is 5.96. The average molecular weight is 561 g/mol. The number of ether oxygens (including phenoxy) is 2. The summed E-state index contributed by atoms with van der Waals surface area (Å²) in [5, 5.41) is 21.4. The third-order valence-electron chi connectivity index (χ3n) is 6.05. The Kier molecular flexibility index (Phi) is 9.26. The third kappa shape index (κ3) is 6.02. The van der Waals surface area contributed by atoms with E-state index in [9.17, 15) is 28.7 Å². The lowest BCUT2D eigenvalue weighted by atomic mass is 10.1. The van der Waals surface area contributed by atoms with Crippen LogP contribution in [-0.2, 0) is 16.1 Å². The molecule has 13 heteroatoms. The average Bonchev–Trinajstić information content (AvgIpc) is 3.22. The fraction of sp³-hybridized carbons (Fsp3) is 0.423. The Labute approximate surface area is 227 Å². The molecule has 1 amide bonds. The Morgan fingerprint density at radius 1 is 1.26 bits per heavy atom. The minimum absolute atomic E-state index is 0.00557. The van der Waals surface area contributed by atoms with Crippen LogP contribution in [0, 0.1) is 24.1 Å². The van der Waals surface area contributed by atoms with Crippen LogP contribution in [0.25, 0.3) is 10.2 Å². The van der Waals surface area contributed by atoms with Crippen LogP contribution < -0.4 is 21.3 Å². The number of hydrogen-bond donors (Lipinski definition) is 2. The molecule has 0 saturated heterocycles. The maximum absolute atomic E-state index is 14.3. The summed E-state index contributed by atoms with van der Waals surface area (Å²) in [6.07, 6.45) is -1.03. The number of carbonyl (C=O) groups excluding carboxylic acids is 1. The Bertz CT molecular complexity index is 1570. The van der Waals surface area contributed by atoms with Gasteiger partial charge in [0.15, 0.2) is 0 Å². The monoisotopic (exact) mass is 560 g/mol. The number of benzene rings is 1. The third-order valence-corrected chi connectivity index (χ3v) is 7.36. The summed E-state index contributed by atoms with van der Waals surface area (Å²) in [6, 6.07) is 4.22. The van der Waals surface area contributed by atoms with Gasteiger partial charge in [0.05, 0.1) is 38.1 Å². The van der Waals surface area contributed by atoms with Crippen molar-refractivity contribution >= 4 is 33.4 Å². The van der Waals surface area contributed by atoms with Crippen LogP contribution in [0.2, 0.25) is 0 Å². The first kappa shape index (κ1) is 29.5. The fourth-order valence-electron chi connectivity index (χ4n) is 4.20. The second-order valence-corrected chi connectivity index (χ2v) is 10.1. The molecule has 11 nitrogen and oxygen atoms in total. The Hall–Kier alpha value is -4.02. The number of fused-ring (bicyclic) bond motifs is 1. The molecule has 0 saturated carbocycles. The molecule has 3 aromatic rings. The van der Waals surface area contributed by atoms with E-state index in [1.807, 2.05) is 6.07 Å². The van der Waals surface area contributed by atoms with E-state index in [0.29, 0.717) is 0 Å². The number of nitrogens with one attached hydrogen (secondary N) is 1. The number of rotatable bonds is 11. The van der Waals surface area contributed by atoms with E-state index < -0.39 is 41.1 Å². The molecule has 208 valence electrons. The first-order chi connectivity index (χ1) is 18.4. The number of hydrogen-bond acceptors (Lipinski definition) is 8. The number of carboxylic acids is 1. The smallest absolute Gasteiger partial charge is 0.346 e. The molecule has 1 aromatic carbocycles. The molecular formula is C26H29FN4O7S. The van der Waals surface area contributed by atoms with Crippen molar-refractivity contribution in [2.45, 2.75) is 58.8 Å². The van der Waals surface area contributed by atoms with Gasteiger partial charge in [-0.3, -0.25) is 14.2 Å². The number of thiophene rings is 1. The summed E-state index contributed by atoms with van der Waals surface area (Å²) in [4.78, 5) is 52.1. The maximum atomic E-state index is 14.3. The van der Waals surface area contributed by atoms with Gasteiger partial charge in [0.25, 0.3) is 5.56 Å². The fourth-order valence-corrected chi connectivity index (χ4v) is 5.34. The summed E-state index contributed by atoms with van der Waals surface area (Å²) in [7, 11) is 1.38. The van der Waals surface area contributed by atoms with Gasteiger partial charge in [-0.05, 0) is 51.5 Å². The second kappa shape index (κ2) is 12.2. The van der Waals surface area contributed by atoms with Crippen molar-refractivity contribution < 1.29 is 28.6 Å². The number of carboxylic acid groups (broad SMARTS) is 1. The largest absolute Gasteiger partial charge is 0.496 e. The van der Waals surface area contributed by atoms with Gasteiger partial charge in [-0.25, -0.2) is 18.5 Å². The van der Waals surface area contributed by atoms with Gasteiger partial charge in [-0.15, -0.1) is 11.3 Å². The molecule has 0 aliphatic carbocycles. The van der Waals surface area contributed by atoms with Crippen LogP contribution in [-0.4, -0.2) is 45.9 Å². The minimum atomic E-state index is -1.28. The number of amides is 1. The highest BCUT2D eigenvalue weighted by molar-refractivity contribution is 7.20. The second-order valence-electron chi connectivity index (χ2n) is 9.10. The number of nitrogens with zero attached hydrogens (tertiary/aromatic N) is 3. The van der Waals surface area contributed by atoms with Crippen LogP contribution in [0.4, 0.5) is 4.39 Å². The van der Waals surface area contributed by atoms with Crippen LogP contribution >= 0.6 is 11.3 Å². The van der Waals surface area contributed by atoms with Gasteiger partial charge in [0.1, 0.15) is 33.4 Å². The van der Waals surface area contributed by atoms with Gasteiger partial charge in [0, 0.05) is 11.6 Å². The molecule has 0 bridgehead atoms. The zero-order chi connectivity index (χ0) is 29.0. The summed E-state index contributed by atoms with van der Waals surface area (Å²) in [5.41, 5.74) is -1.28. The quantitative estimate of drug-likeness (QED) is 0.339. The van der Waals surface area contributed by atoms with Crippen molar-refractivity contribution in [1.82, 2.24) is 14.5 Å². The lowest BCUT2D eigenvalue weighted by molar-refractivity contribution is -0.124. The lowest BCUT2D eigenvalue weighted by Crippen LogP contribution is -2.47. The van der Waals surface area contributed by atoms with E-state index in [1.165, 1.54) is 39.2 Å². The lowest BCUT2D eigenvalue weighted by Gasteiger charge is -2.23. The highest BCUT2D eigenvalue weighted by atomic mass is 32.1. The number of halogens is 1. The molecule has 0 aliphatic heterocycles. The Morgan fingerprint density at radius 2 is 1.95 bits per heavy atom. The Morgan fingerprint density at radius 3 is 2.54 bits per heavy atom. The Balaban J connectivity index is 2.33. The molecule has 0 radical (unpaired) electrons. The van der Waals surface area contributed by atoms with E-state index in [4.69, 9.17) is 14.7 Å². The highest BCUT2D eigenvalue weighted by Gasteiger charge is 2.29. The maximum Gasteiger partial charge on any atom is 0.346 e. The zero-order valence-electron chi connectivity index (χ0n) is 22.1. The predicted octanol–water partition coefficient (Wildman–Crippen LogP) is 3.14. The highest BCUT2D eigenvalue weighted by Crippen LogP contribution is 2.33. The number of nitriles is 1. The van der Waals surface area contributed by atoms with E-state index in [-0.39, 0.29) is 57.6 Å². The number of aryl methyl sites for hydroxylation is 1. The van der Waals surface area contributed by atoms with E-state index in [0.717, 1.165) is 20.5 Å². The molecule has 0 aliphatic rings. The van der Waals surface area contributed by atoms with E-state index in [2.05, 4.69) is 5.32 Å². The van der Waals surface area contributed by atoms with Crippen molar-refractivity contribution in [2.75, 3.05) is 13.7 Å². The first-order valence-electron chi connectivity index (χ1n) is 12.1. The van der Waals surface area contributed by atoms with Gasteiger partial charge >= 0.3 is 11.7 Å². The van der Waals surface area contributed by atoms with Crippen molar-refractivity contribution in [3.05, 3.63) is 60.9 Å². The number of methoxy groups -OCH3 is 1. The summed E-state index contributed by atoms with van der Waals surface area (Å²) < 4.78 is 27.5. The number of aromatic nitrogens is 2. The number of aromatic carboxylic acids is 1. The van der Waals surface area contributed by atoms with Gasteiger partial charge in [-0.1, -0.05) is 0 Å². The molecule has 39 heavy (non-hydrogen) atoms. The van der Waals surface area contributed by atoms with Crippen molar-refractivity contribution in [3.63, 3.8) is 0 Å². The van der Waals surface area contributed by atoms with Crippen molar-refractivity contribution in [2.24, 2.45) is 0 Å². The van der Waals surface area contributed by atoms with E-state index in [1.54, 1.807) is 13.8 Å². The van der Waals surface area contributed by atoms with Crippen molar-refractivity contribution in [1.29, 1.82) is 5.26 Å². The normalized spacial score (nSPS) is 12.8. The van der Waals surface area contributed by atoms with E-state index >= 15 is 0 Å². The first-order valence-corrected chi connectivity index (χ1v) is 12.9. The minimum Gasteiger partial charge on any atom is -0.496 e. The molecular weight excluding hydrogens is 531 g/mol. The molecule has 0 spiro atoms. The molecule has 2 N–H and O–H groups in total. The summed E-state index contributed by atoms with van der Waals surface area (Å²) in [5.74, 6) is -2.19. The number of carbonyl (C=O) groups is 2. The molecule has 3 rings (SSSR count). The van der Waals surface area contributed by atoms with Crippen molar-refractivity contribution in [3.8, 4) is 11.8 Å². The van der Waals surface area contributed by atoms with Gasteiger partial charge < -0.3 is 19.9 Å². The zero-order valence-corrected chi connectivity index (χ0v) is 22.9. The van der Waals surface area contributed by atoms with Crippen LogP contribution in [0.1, 0.15) is 60.1 Å². The molecule has 2 aromatic heterocycles. The SMILES string of the molecule is COc1ccc(F)cc1C(Cn1c(=O)n(C(C)C(=O)NC(C)C)c(=O)c2c(C)c(C(=O)O)sc21)OCCC#N. The standard InChI is InChI=1S/C26H29FN4O7S/c1-13(2)29-22(32)15(4)31-23(33)20-14(3)21(25(34)35)39-24(20)30(26(31)36)12-19(38-10-6-9-28)17-11-16(27)7-8-18(17)37-5/h7-8,11,13,15,19H,6,10,12H2,1-5H3,(H,29,32)(H,34,35). The van der Waals surface area contributed by atoms with Crippen LogP contribution in [0.3, 0.4) is 0 Å². The molecule has 2 atom stereocenters. The molecule has 2 heterocycles. The van der Waals surface area contributed by atoms with Crippen LogP contribution in [0.15, 0.2) is 27.8 Å². The molecule has 2 unspecified atom stereocenters. The predicted molar refractivity (Wildman–Crippen MR) is 142 cm³/mol. The molecule has 0 fully saturated rings. The topological polar surface area (TPSA) is 153 Å².